The van der Waals surface area contributed by atoms with Crippen molar-refractivity contribution in [1.29, 1.82) is 0 Å². The number of aromatic amines is 1. The molecule has 0 radical (unpaired) electrons. The molecule has 1 aromatic heterocycles. The first-order valence-electron chi connectivity index (χ1n) is 12.4. The number of ether oxygens (including phenoxy) is 2. The number of nitrogens with two attached hydrogens (primary N) is 1. The Hall–Kier alpha value is -2.66. The Morgan fingerprint density at radius 1 is 1.19 bits per heavy atom. The Balaban J connectivity index is 1.70. The van der Waals surface area contributed by atoms with Gasteiger partial charge < -0.3 is 25.5 Å². The third-order valence-electron chi connectivity index (χ3n) is 6.61. The summed E-state index contributed by atoms with van der Waals surface area (Å²) in [6.45, 7) is 1.63. The zero-order valence-electron chi connectivity index (χ0n) is 21.1. The number of rotatable bonds is 12. The first-order chi connectivity index (χ1) is 17.8. The van der Waals surface area contributed by atoms with Crippen molar-refractivity contribution in [3.05, 3.63) is 64.9 Å². The molecule has 2 heterocycles. The van der Waals surface area contributed by atoms with Crippen molar-refractivity contribution in [3.8, 4) is 5.75 Å². The molecule has 0 fully saturated rings. The Bertz CT molecular complexity index is 1180. The number of benzene rings is 2. The average molecular weight is 523 g/mol. The van der Waals surface area contributed by atoms with Gasteiger partial charge in [0.15, 0.2) is 0 Å². The largest absolute Gasteiger partial charge is 0.492 e. The minimum absolute atomic E-state index is 0.0317. The highest BCUT2D eigenvalue weighted by molar-refractivity contribution is 5.85. The number of fused-ring (bicyclic) bond motifs is 3. The van der Waals surface area contributed by atoms with E-state index in [1.165, 1.54) is 14.0 Å². The summed E-state index contributed by atoms with van der Waals surface area (Å²) in [6, 6.07) is 8.84. The van der Waals surface area contributed by atoms with Gasteiger partial charge in [-0.3, -0.25) is 9.29 Å². The van der Waals surface area contributed by atoms with Crippen molar-refractivity contribution in [2.24, 2.45) is 5.73 Å². The Kier molecular flexibility index (Phi) is 8.74. The van der Waals surface area contributed by atoms with E-state index in [0.717, 1.165) is 28.6 Å². The molecule has 10 heteroatoms. The number of methoxy groups -OCH3 is 1. The van der Waals surface area contributed by atoms with Gasteiger partial charge in [0.2, 0.25) is 0 Å². The quantitative estimate of drug-likeness (QED) is 0.243. The number of hydrogen-bond donors (Lipinski definition) is 3. The second-order valence-corrected chi connectivity index (χ2v) is 9.70. The van der Waals surface area contributed by atoms with Gasteiger partial charge in [0.25, 0.3) is 0 Å². The molecule has 4 N–H and O–H groups in total. The summed E-state index contributed by atoms with van der Waals surface area (Å²) in [5.74, 6) is -1.60. The summed E-state index contributed by atoms with van der Waals surface area (Å²) >= 11 is 0. The standard InChI is InChI=1S/C27H34F4N4O2/c1-27(31,16-36-2)15-35-23(32)14-19-18-6-3-4-7-22(18)34-25(19)26(35)24-20(29)12-17(13-21(24)30)37-11-10-33-9-5-8-28/h3-4,6-7,12-13,23,26,33-34H,5,8-11,14-16,32H2,1-2H3/t23-,26+,27?/m0/s1. The van der Waals surface area contributed by atoms with Crippen LogP contribution >= 0.6 is 0 Å². The SMILES string of the molecule is COCC(C)(F)CN1[C@H](c2c(F)cc(OCCNCCCF)cc2F)c2[nH]c3ccccc3c2C[C@H]1N. The van der Waals surface area contributed by atoms with Crippen LogP contribution in [0.5, 0.6) is 5.75 Å². The van der Waals surface area contributed by atoms with Crippen molar-refractivity contribution >= 4 is 10.9 Å². The van der Waals surface area contributed by atoms with E-state index < -0.39 is 36.2 Å². The van der Waals surface area contributed by atoms with Gasteiger partial charge in [-0.25, -0.2) is 13.2 Å². The topological polar surface area (TPSA) is 75.5 Å². The highest BCUT2D eigenvalue weighted by Crippen LogP contribution is 2.43. The van der Waals surface area contributed by atoms with Crippen molar-refractivity contribution < 1.29 is 27.0 Å². The van der Waals surface area contributed by atoms with Gasteiger partial charge >= 0.3 is 0 Å². The third-order valence-corrected chi connectivity index (χ3v) is 6.61. The molecule has 0 bridgehead atoms. The zero-order chi connectivity index (χ0) is 26.6. The smallest absolute Gasteiger partial charge is 0.144 e. The van der Waals surface area contributed by atoms with Crippen LogP contribution in [0.4, 0.5) is 17.6 Å². The molecular weight excluding hydrogens is 488 g/mol. The predicted molar refractivity (Wildman–Crippen MR) is 135 cm³/mol. The van der Waals surface area contributed by atoms with E-state index in [2.05, 4.69) is 10.3 Å². The first-order valence-corrected chi connectivity index (χ1v) is 12.4. The molecule has 0 amide bonds. The van der Waals surface area contributed by atoms with Gasteiger partial charge in [0.05, 0.1) is 25.5 Å². The van der Waals surface area contributed by atoms with Crippen molar-refractivity contribution in [2.45, 2.75) is 37.6 Å². The maximum Gasteiger partial charge on any atom is 0.144 e. The highest BCUT2D eigenvalue weighted by Gasteiger charge is 2.42. The fourth-order valence-electron chi connectivity index (χ4n) is 5.07. The zero-order valence-corrected chi connectivity index (χ0v) is 21.1. The maximum absolute atomic E-state index is 15.6. The van der Waals surface area contributed by atoms with E-state index in [-0.39, 0.29) is 31.1 Å². The van der Waals surface area contributed by atoms with Crippen LogP contribution in [-0.4, -0.2) is 68.4 Å². The Morgan fingerprint density at radius 3 is 2.62 bits per heavy atom. The summed E-state index contributed by atoms with van der Waals surface area (Å²) in [7, 11) is 1.40. The Morgan fingerprint density at radius 2 is 1.92 bits per heavy atom. The summed E-state index contributed by atoms with van der Waals surface area (Å²) in [5.41, 5.74) is 6.74. The second-order valence-electron chi connectivity index (χ2n) is 9.70. The summed E-state index contributed by atoms with van der Waals surface area (Å²) in [6.07, 6.45) is 0.0863. The van der Waals surface area contributed by atoms with E-state index in [9.17, 15) is 4.39 Å². The van der Waals surface area contributed by atoms with Crippen LogP contribution in [0.15, 0.2) is 36.4 Å². The van der Waals surface area contributed by atoms with Crippen molar-refractivity contribution in [2.75, 3.05) is 46.6 Å². The number of nitrogens with one attached hydrogen (secondary N) is 2. The van der Waals surface area contributed by atoms with Gasteiger partial charge in [-0.1, -0.05) is 18.2 Å². The normalized spacial score (nSPS) is 19.6. The summed E-state index contributed by atoms with van der Waals surface area (Å²) in [4.78, 5) is 4.90. The van der Waals surface area contributed by atoms with Crippen molar-refractivity contribution in [1.82, 2.24) is 15.2 Å². The molecule has 4 rings (SSSR count). The molecule has 0 saturated carbocycles. The summed E-state index contributed by atoms with van der Waals surface area (Å²) < 4.78 is 69.3. The van der Waals surface area contributed by atoms with Gasteiger partial charge in [0.1, 0.15) is 29.7 Å². The van der Waals surface area contributed by atoms with Crippen LogP contribution in [0, 0.1) is 11.6 Å². The molecule has 3 aromatic rings. The molecule has 0 spiro atoms. The molecule has 1 unspecified atom stereocenters. The molecule has 202 valence electrons. The molecule has 0 saturated heterocycles. The monoisotopic (exact) mass is 522 g/mol. The lowest BCUT2D eigenvalue weighted by molar-refractivity contribution is -0.00111. The molecule has 0 aliphatic carbocycles. The highest BCUT2D eigenvalue weighted by atomic mass is 19.1. The number of nitrogens with zero attached hydrogens (tertiary/aromatic N) is 1. The number of H-pyrrole nitrogens is 1. The van der Waals surface area contributed by atoms with Gasteiger partial charge in [0, 0.05) is 60.9 Å². The van der Waals surface area contributed by atoms with E-state index in [1.54, 1.807) is 4.90 Å². The molecule has 1 aliphatic heterocycles. The lowest BCUT2D eigenvalue weighted by Gasteiger charge is -2.43. The number of aromatic nitrogens is 1. The van der Waals surface area contributed by atoms with E-state index in [1.807, 2.05) is 24.3 Å². The number of alkyl halides is 2. The van der Waals surface area contributed by atoms with E-state index in [4.69, 9.17) is 15.2 Å². The molecule has 3 atom stereocenters. The van der Waals surface area contributed by atoms with Gasteiger partial charge in [-0.15, -0.1) is 0 Å². The summed E-state index contributed by atoms with van der Waals surface area (Å²) in [5, 5.41) is 3.91. The van der Waals surface area contributed by atoms with E-state index >= 15 is 13.2 Å². The van der Waals surface area contributed by atoms with Gasteiger partial charge in [-0.05, 0) is 31.5 Å². The first kappa shape index (κ1) is 27.4. The lowest BCUT2D eigenvalue weighted by Crippen LogP contribution is -2.54. The number of para-hydroxylation sites is 1. The average Bonchev–Trinajstić information content (AvgIpc) is 3.20. The fourth-order valence-corrected chi connectivity index (χ4v) is 5.07. The molecule has 37 heavy (non-hydrogen) atoms. The minimum Gasteiger partial charge on any atom is -0.492 e. The molecule has 1 aliphatic rings. The molecule has 2 aromatic carbocycles. The van der Waals surface area contributed by atoms with Crippen LogP contribution in [0.1, 0.15) is 36.2 Å². The van der Waals surface area contributed by atoms with Crippen LogP contribution in [0.2, 0.25) is 0 Å². The predicted octanol–water partition coefficient (Wildman–Crippen LogP) is 4.38. The minimum atomic E-state index is -1.81. The van der Waals surface area contributed by atoms with Crippen LogP contribution in [-0.2, 0) is 11.2 Å². The number of halogens is 4. The second kappa shape index (κ2) is 11.8. The molecular formula is C27H34F4N4O2. The van der Waals surface area contributed by atoms with Gasteiger partial charge in [-0.2, -0.15) is 0 Å². The lowest BCUT2D eigenvalue weighted by atomic mass is 9.89. The fraction of sp³-hybridized carbons (Fsp3) is 0.481. The van der Waals surface area contributed by atoms with E-state index in [0.29, 0.717) is 31.6 Å². The molecule has 6 nitrogen and oxygen atoms in total. The van der Waals surface area contributed by atoms with Crippen molar-refractivity contribution in [3.63, 3.8) is 0 Å². The maximum atomic E-state index is 15.6. The Labute approximate surface area is 214 Å². The van der Waals surface area contributed by atoms with Crippen LogP contribution in [0.3, 0.4) is 0 Å². The number of hydrogen-bond acceptors (Lipinski definition) is 5. The third kappa shape index (κ3) is 6.09. The van der Waals surface area contributed by atoms with Crippen LogP contribution < -0.4 is 15.8 Å². The van der Waals surface area contributed by atoms with Crippen LogP contribution in [0.25, 0.3) is 10.9 Å².